The molecule has 29 heavy (non-hydrogen) atoms. The molecule has 2 heterocycles. The van der Waals surface area contributed by atoms with Gasteiger partial charge >= 0.3 is 5.97 Å². The average molecular weight is 393 g/mol. The van der Waals surface area contributed by atoms with Gasteiger partial charge in [-0.1, -0.05) is 42.0 Å². The van der Waals surface area contributed by atoms with E-state index in [0.29, 0.717) is 5.69 Å². The lowest BCUT2D eigenvalue weighted by Gasteiger charge is -2.26. The van der Waals surface area contributed by atoms with Crippen molar-refractivity contribution >= 4 is 23.5 Å². The van der Waals surface area contributed by atoms with Crippen LogP contribution in [0.25, 0.3) is 0 Å². The first kappa shape index (κ1) is 19.3. The fourth-order valence-electron chi connectivity index (χ4n) is 4.87. The standard InChI is InChI=1S/C23H24N2O4/c1-13-9-11-15(12-10-13)25-20(26)17-18(21(25)27)23(3,22(28)29-4)24-19(17)16-8-6-5-7-14(16)2/h5-12,17-19,24H,1-4H3/p+1/t17-,18-,19-,23+/m0/s1. The largest absolute Gasteiger partial charge is 0.464 e. The highest BCUT2D eigenvalue weighted by Gasteiger charge is 2.70. The first-order chi connectivity index (χ1) is 13.8. The number of hydrogen-bond donors (Lipinski definition) is 1. The van der Waals surface area contributed by atoms with Crippen molar-refractivity contribution in [1.82, 2.24) is 0 Å². The molecule has 2 N–H and O–H groups in total. The van der Waals surface area contributed by atoms with Gasteiger partial charge in [0.15, 0.2) is 0 Å². The zero-order valence-electron chi connectivity index (χ0n) is 17.0. The molecule has 2 aliphatic rings. The number of quaternary nitrogens is 1. The summed E-state index contributed by atoms with van der Waals surface area (Å²) in [4.78, 5) is 41.0. The van der Waals surface area contributed by atoms with Crippen molar-refractivity contribution in [3.8, 4) is 0 Å². The molecule has 150 valence electrons. The van der Waals surface area contributed by atoms with Gasteiger partial charge in [-0.25, -0.2) is 9.69 Å². The van der Waals surface area contributed by atoms with E-state index in [2.05, 4.69) is 0 Å². The molecule has 2 saturated heterocycles. The summed E-state index contributed by atoms with van der Waals surface area (Å²) in [6, 6.07) is 14.7. The van der Waals surface area contributed by atoms with Crippen LogP contribution in [0.2, 0.25) is 0 Å². The van der Waals surface area contributed by atoms with E-state index in [1.54, 1.807) is 19.1 Å². The Bertz CT molecular complexity index is 1000. The number of nitrogens with zero attached hydrogens (tertiary/aromatic N) is 1. The Morgan fingerprint density at radius 1 is 1.03 bits per heavy atom. The van der Waals surface area contributed by atoms with E-state index < -0.39 is 23.3 Å². The van der Waals surface area contributed by atoms with Gasteiger partial charge < -0.3 is 10.1 Å². The molecule has 0 radical (unpaired) electrons. The molecule has 4 rings (SSSR count). The van der Waals surface area contributed by atoms with Gasteiger partial charge in [-0.2, -0.15) is 0 Å². The number of hydrogen-bond acceptors (Lipinski definition) is 4. The quantitative estimate of drug-likeness (QED) is 0.635. The fourth-order valence-corrected chi connectivity index (χ4v) is 4.87. The van der Waals surface area contributed by atoms with E-state index in [-0.39, 0.29) is 17.9 Å². The summed E-state index contributed by atoms with van der Waals surface area (Å²) in [7, 11) is 1.32. The average Bonchev–Trinajstić information content (AvgIpc) is 3.16. The molecule has 0 aliphatic carbocycles. The van der Waals surface area contributed by atoms with E-state index in [1.807, 2.05) is 55.6 Å². The van der Waals surface area contributed by atoms with Gasteiger partial charge in [-0.15, -0.1) is 0 Å². The van der Waals surface area contributed by atoms with E-state index in [4.69, 9.17) is 4.74 Å². The highest BCUT2D eigenvalue weighted by atomic mass is 16.5. The number of anilines is 1. The van der Waals surface area contributed by atoms with Crippen LogP contribution in [0.5, 0.6) is 0 Å². The Morgan fingerprint density at radius 3 is 2.31 bits per heavy atom. The van der Waals surface area contributed by atoms with E-state index >= 15 is 0 Å². The molecule has 0 aromatic heterocycles. The summed E-state index contributed by atoms with van der Waals surface area (Å²) < 4.78 is 5.05. The molecular formula is C23H25N2O4+. The number of rotatable bonds is 3. The van der Waals surface area contributed by atoms with Crippen molar-refractivity contribution in [2.45, 2.75) is 32.4 Å². The lowest BCUT2D eigenvalue weighted by Crippen LogP contribution is -2.97. The van der Waals surface area contributed by atoms with Gasteiger partial charge in [0.05, 0.1) is 12.8 Å². The van der Waals surface area contributed by atoms with Gasteiger partial charge in [0.25, 0.3) is 0 Å². The number of carbonyl (C=O) groups excluding carboxylic acids is 3. The Labute approximate surface area is 169 Å². The van der Waals surface area contributed by atoms with Crippen LogP contribution in [0.1, 0.15) is 29.7 Å². The van der Waals surface area contributed by atoms with Crippen LogP contribution in [-0.4, -0.2) is 30.4 Å². The van der Waals surface area contributed by atoms with Gasteiger partial charge in [-0.3, -0.25) is 9.59 Å². The monoisotopic (exact) mass is 393 g/mol. The number of carbonyl (C=O) groups is 3. The summed E-state index contributed by atoms with van der Waals surface area (Å²) >= 11 is 0. The van der Waals surface area contributed by atoms with Gasteiger partial charge in [0, 0.05) is 12.5 Å². The minimum absolute atomic E-state index is 0.263. The second-order valence-corrected chi connectivity index (χ2v) is 8.17. The van der Waals surface area contributed by atoms with Crippen molar-refractivity contribution in [2.75, 3.05) is 12.0 Å². The lowest BCUT2D eigenvalue weighted by atomic mass is 9.80. The van der Waals surface area contributed by atoms with Crippen molar-refractivity contribution in [3.63, 3.8) is 0 Å². The molecule has 2 aliphatic heterocycles. The molecule has 2 fully saturated rings. The number of imide groups is 1. The molecule has 4 atom stereocenters. The van der Waals surface area contributed by atoms with Crippen LogP contribution < -0.4 is 10.2 Å². The Kier molecular flexibility index (Phi) is 4.54. The lowest BCUT2D eigenvalue weighted by molar-refractivity contribution is -0.730. The van der Waals surface area contributed by atoms with Crippen LogP contribution in [0, 0.1) is 25.7 Å². The molecule has 0 saturated carbocycles. The number of ether oxygens (including phenoxy) is 1. The third-order valence-corrected chi connectivity index (χ3v) is 6.37. The first-order valence-corrected chi connectivity index (χ1v) is 9.74. The Hall–Kier alpha value is -2.99. The minimum atomic E-state index is -1.17. The van der Waals surface area contributed by atoms with Gasteiger partial charge in [0.1, 0.15) is 17.9 Å². The normalized spacial score (nSPS) is 28.6. The zero-order valence-corrected chi connectivity index (χ0v) is 17.0. The molecule has 6 heteroatoms. The molecule has 0 unspecified atom stereocenters. The smallest absolute Gasteiger partial charge is 0.368 e. The maximum Gasteiger partial charge on any atom is 0.368 e. The Balaban J connectivity index is 1.84. The number of methoxy groups -OCH3 is 1. The molecule has 0 spiro atoms. The van der Waals surface area contributed by atoms with Crippen molar-refractivity contribution in [3.05, 3.63) is 65.2 Å². The predicted molar refractivity (Wildman–Crippen MR) is 107 cm³/mol. The molecule has 6 nitrogen and oxygen atoms in total. The van der Waals surface area contributed by atoms with E-state index in [1.165, 1.54) is 12.0 Å². The summed E-state index contributed by atoms with van der Waals surface area (Å²) in [5, 5.41) is 1.85. The number of amides is 2. The van der Waals surface area contributed by atoms with Crippen LogP contribution in [-0.2, 0) is 19.1 Å². The van der Waals surface area contributed by atoms with E-state index in [0.717, 1.165) is 16.7 Å². The third-order valence-electron chi connectivity index (χ3n) is 6.37. The number of esters is 1. The van der Waals surface area contributed by atoms with Gasteiger partial charge in [-0.05, 0) is 31.5 Å². The van der Waals surface area contributed by atoms with Crippen LogP contribution in [0.15, 0.2) is 48.5 Å². The summed E-state index contributed by atoms with van der Waals surface area (Å²) in [5.41, 5.74) is 2.39. The third kappa shape index (κ3) is 2.78. The van der Waals surface area contributed by atoms with Crippen LogP contribution in [0.4, 0.5) is 5.69 Å². The molecule has 0 bridgehead atoms. The van der Waals surface area contributed by atoms with E-state index in [9.17, 15) is 14.4 Å². The highest BCUT2D eigenvalue weighted by molar-refractivity contribution is 6.23. The number of benzene rings is 2. The topological polar surface area (TPSA) is 80.3 Å². The maximum absolute atomic E-state index is 13.5. The van der Waals surface area contributed by atoms with Crippen molar-refractivity contribution in [1.29, 1.82) is 0 Å². The summed E-state index contributed by atoms with van der Waals surface area (Å²) in [6.07, 6.45) is 0. The molecule has 2 aromatic carbocycles. The van der Waals surface area contributed by atoms with Gasteiger partial charge in [0.2, 0.25) is 17.4 Å². The zero-order chi connectivity index (χ0) is 20.9. The summed E-state index contributed by atoms with van der Waals surface area (Å²) in [5.74, 6) is -2.51. The SMILES string of the molecule is COC(=O)[C@]1(C)[NH2+][C@@H](c2ccccc2C)[C@H]2C(=O)N(c3ccc(C)cc3)C(=O)[C@H]21. The molecule has 2 amide bonds. The van der Waals surface area contributed by atoms with Crippen LogP contribution >= 0.6 is 0 Å². The molecule has 2 aromatic rings. The predicted octanol–water partition coefficient (Wildman–Crippen LogP) is 1.66. The second-order valence-electron chi connectivity index (χ2n) is 8.17. The number of aryl methyl sites for hydroxylation is 2. The summed E-state index contributed by atoms with van der Waals surface area (Å²) in [6.45, 7) is 5.63. The van der Waals surface area contributed by atoms with Crippen LogP contribution in [0.3, 0.4) is 0 Å². The molecular weight excluding hydrogens is 368 g/mol. The van der Waals surface area contributed by atoms with Crippen molar-refractivity contribution in [2.24, 2.45) is 11.8 Å². The Morgan fingerprint density at radius 2 is 1.69 bits per heavy atom. The first-order valence-electron chi connectivity index (χ1n) is 9.74. The fraction of sp³-hybridized carbons (Fsp3) is 0.348. The second kappa shape index (κ2) is 6.81. The number of fused-ring (bicyclic) bond motifs is 1. The highest BCUT2D eigenvalue weighted by Crippen LogP contribution is 2.46. The van der Waals surface area contributed by atoms with Crippen molar-refractivity contribution < 1.29 is 24.4 Å². The number of nitrogens with two attached hydrogens (primary N) is 1. The maximum atomic E-state index is 13.5. The minimum Gasteiger partial charge on any atom is -0.464 e.